The molecule has 0 aliphatic heterocycles. The summed E-state index contributed by atoms with van der Waals surface area (Å²) in [5.41, 5.74) is 9.76. The molecule has 0 heterocycles. The van der Waals surface area contributed by atoms with Crippen LogP contribution in [-0.4, -0.2) is 5.11 Å². The Labute approximate surface area is 102 Å². The van der Waals surface area contributed by atoms with Crippen LogP contribution in [0.2, 0.25) is 0 Å². The second-order valence-corrected chi connectivity index (χ2v) is 5.00. The maximum Gasteiger partial charge on any atom is 0.142 e. The third-order valence-electron chi connectivity index (χ3n) is 3.37. The molecule has 0 radical (unpaired) electrons. The average molecular weight is 229 g/mol. The van der Waals surface area contributed by atoms with Crippen LogP contribution in [0.15, 0.2) is 18.2 Å². The summed E-state index contributed by atoms with van der Waals surface area (Å²) in [7, 11) is 0. The van der Waals surface area contributed by atoms with Crippen molar-refractivity contribution in [3.8, 4) is 5.75 Å². The van der Waals surface area contributed by atoms with Crippen molar-refractivity contribution in [1.29, 1.82) is 0 Å². The molecule has 0 aliphatic rings. The summed E-state index contributed by atoms with van der Waals surface area (Å²) in [5.74, 6) is 0.656. The summed E-state index contributed by atoms with van der Waals surface area (Å²) < 4.78 is 0. The van der Waals surface area contributed by atoms with Gasteiger partial charge in [-0.05, 0) is 47.9 Å². The van der Waals surface area contributed by atoms with E-state index < -0.39 is 0 Å². The molecular weight excluding hydrogens is 210 g/mol. The molecule has 0 amide bonds. The molecule has 0 spiro atoms. The highest BCUT2D eigenvalue weighted by Crippen LogP contribution is 2.38. The summed E-state index contributed by atoms with van der Waals surface area (Å²) >= 11 is 0. The summed E-state index contributed by atoms with van der Waals surface area (Å²) in [4.78, 5) is 0. The van der Waals surface area contributed by atoms with Crippen LogP contribution in [0, 0.1) is 13.8 Å². The van der Waals surface area contributed by atoms with E-state index in [9.17, 15) is 5.11 Å². The Bertz CT molecular complexity index is 585. The lowest BCUT2D eigenvalue weighted by Gasteiger charge is -2.16. The molecular formula is C15H19NO. The first kappa shape index (κ1) is 11.8. The molecule has 0 atom stereocenters. The number of rotatable bonds is 1. The molecule has 2 heteroatoms. The van der Waals surface area contributed by atoms with Crippen molar-refractivity contribution in [2.24, 2.45) is 0 Å². The normalized spacial score (nSPS) is 11.4. The highest BCUT2D eigenvalue weighted by atomic mass is 16.3. The molecule has 2 nitrogen and oxygen atoms in total. The number of aryl methyl sites for hydroxylation is 2. The predicted octanol–water partition coefficient (Wildman–Crippen LogP) is 3.87. The second-order valence-electron chi connectivity index (χ2n) is 5.00. The Morgan fingerprint density at radius 3 is 2.35 bits per heavy atom. The molecule has 0 fully saturated rings. The van der Waals surface area contributed by atoms with Gasteiger partial charge in [-0.2, -0.15) is 0 Å². The molecule has 2 rings (SSSR count). The fourth-order valence-electron chi connectivity index (χ4n) is 2.38. The lowest BCUT2D eigenvalue weighted by Crippen LogP contribution is -1.97. The van der Waals surface area contributed by atoms with Crippen molar-refractivity contribution < 1.29 is 5.11 Å². The van der Waals surface area contributed by atoms with Gasteiger partial charge in [-0.3, -0.25) is 0 Å². The zero-order valence-electron chi connectivity index (χ0n) is 10.8. The van der Waals surface area contributed by atoms with E-state index in [4.69, 9.17) is 5.73 Å². The van der Waals surface area contributed by atoms with E-state index in [-0.39, 0.29) is 5.75 Å². The van der Waals surface area contributed by atoms with Gasteiger partial charge in [-0.1, -0.05) is 26.0 Å². The number of anilines is 1. The zero-order chi connectivity index (χ0) is 12.7. The van der Waals surface area contributed by atoms with Gasteiger partial charge in [0.1, 0.15) is 5.75 Å². The molecule has 0 unspecified atom stereocenters. The number of nitrogens with two attached hydrogens (primary N) is 1. The van der Waals surface area contributed by atoms with Crippen LogP contribution < -0.4 is 5.73 Å². The van der Waals surface area contributed by atoms with Crippen molar-refractivity contribution in [3.05, 3.63) is 34.9 Å². The van der Waals surface area contributed by atoms with E-state index in [2.05, 4.69) is 26.0 Å². The van der Waals surface area contributed by atoms with Gasteiger partial charge in [0.2, 0.25) is 0 Å². The third-order valence-corrected chi connectivity index (χ3v) is 3.37. The fourth-order valence-corrected chi connectivity index (χ4v) is 2.38. The molecule has 3 N–H and O–H groups in total. The van der Waals surface area contributed by atoms with Gasteiger partial charge in [0.15, 0.2) is 0 Å². The third kappa shape index (κ3) is 1.74. The molecule has 2 aromatic carbocycles. The van der Waals surface area contributed by atoms with Gasteiger partial charge in [0.05, 0.1) is 5.69 Å². The van der Waals surface area contributed by atoms with Gasteiger partial charge in [-0.15, -0.1) is 0 Å². The minimum atomic E-state index is 0.210. The monoisotopic (exact) mass is 229 g/mol. The maximum absolute atomic E-state index is 9.93. The first-order valence-corrected chi connectivity index (χ1v) is 5.94. The van der Waals surface area contributed by atoms with E-state index in [1.807, 2.05) is 19.9 Å². The minimum Gasteiger partial charge on any atom is -0.505 e. The summed E-state index contributed by atoms with van der Waals surface area (Å²) in [5, 5.41) is 12.1. The number of phenolic OH excluding ortho intramolecular Hbond substituents is 1. The van der Waals surface area contributed by atoms with Crippen LogP contribution in [0.3, 0.4) is 0 Å². The van der Waals surface area contributed by atoms with E-state index in [1.165, 1.54) is 5.56 Å². The number of aromatic hydroxyl groups is 1. The first-order chi connectivity index (χ1) is 7.93. The van der Waals surface area contributed by atoms with E-state index in [1.54, 1.807) is 0 Å². The standard InChI is InChI=1S/C15H19NO/c1-8(2)11-6-5-9(3)13-12(11)7-10(4)15(17)14(13)16/h5-8,17H,16H2,1-4H3. The molecule has 17 heavy (non-hydrogen) atoms. The van der Waals surface area contributed by atoms with Crippen molar-refractivity contribution >= 4 is 16.5 Å². The SMILES string of the molecule is Cc1cc2c(C(C)C)ccc(C)c2c(N)c1O. The molecule has 0 aliphatic carbocycles. The largest absolute Gasteiger partial charge is 0.505 e. The summed E-state index contributed by atoms with van der Waals surface area (Å²) in [6, 6.07) is 6.25. The summed E-state index contributed by atoms with van der Waals surface area (Å²) in [6.45, 7) is 8.25. The Hall–Kier alpha value is -1.70. The van der Waals surface area contributed by atoms with Crippen molar-refractivity contribution in [2.45, 2.75) is 33.6 Å². The van der Waals surface area contributed by atoms with Crippen molar-refractivity contribution in [3.63, 3.8) is 0 Å². The molecule has 2 aromatic rings. The number of phenols is 1. The number of hydrogen-bond donors (Lipinski definition) is 2. The zero-order valence-corrected chi connectivity index (χ0v) is 10.8. The van der Waals surface area contributed by atoms with Gasteiger partial charge >= 0.3 is 0 Å². The highest BCUT2D eigenvalue weighted by molar-refractivity contribution is 6.01. The molecule has 90 valence electrons. The van der Waals surface area contributed by atoms with Crippen molar-refractivity contribution in [1.82, 2.24) is 0 Å². The predicted molar refractivity (Wildman–Crippen MR) is 73.6 cm³/mol. The Morgan fingerprint density at radius 1 is 1.12 bits per heavy atom. The molecule has 0 saturated heterocycles. The average Bonchev–Trinajstić information content (AvgIpc) is 2.25. The van der Waals surface area contributed by atoms with Gasteiger partial charge in [0, 0.05) is 5.39 Å². The minimum absolute atomic E-state index is 0.210. The molecule has 0 saturated carbocycles. The van der Waals surface area contributed by atoms with E-state index in [0.29, 0.717) is 11.6 Å². The highest BCUT2D eigenvalue weighted by Gasteiger charge is 2.13. The number of fused-ring (bicyclic) bond motifs is 1. The number of hydrogen-bond acceptors (Lipinski definition) is 2. The van der Waals surface area contributed by atoms with Crippen LogP contribution in [0.25, 0.3) is 10.8 Å². The van der Waals surface area contributed by atoms with Gasteiger partial charge in [-0.25, -0.2) is 0 Å². The Kier molecular flexibility index (Phi) is 2.74. The number of nitrogen functional groups attached to an aromatic ring is 1. The van der Waals surface area contributed by atoms with Crippen LogP contribution in [0.5, 0.6) is 5.75 Å². The second kappa shape index (κ2) is 3.95. The smallest absolute Gasteiger partial charge is 0.142 e. The summed E-state index contributed by atoms with van der Waals surface area (Å²) in [6.07, 6.45) is 0. The maximum atomic E-state index is 9.93. The first-order valence-electron chi connectivity index (χ1n) is 5.94. The fraction of sp³-hybridized carbons (Fsp3) is 0.333. The van der Waals surface area contributed by atoms with Crippen LogP contribution >= 0.6 is 0 Å². The molecule has 0 aromatic heterocycles. The van der Waals surface area contributed by atoms with Gasteiger partial charge < -0.3 is 10.8 Å². The van der Waals surface area contributed by atoms with E-state index in [0.717, 1.165) is 21.9 Å². The molecule has 0 bridgehead atoms. The topological polar surface area (TPSA) is 46.2 Å². The van der Waals surface area contributed by atoms with E-state index >= 15 is 0 Å². The lowest BCUT2D eigenvalue weighted by atomic mass is 9.91. The van der Waals surface area contributed by atoms with Gasteiger partial charge in [0.25, 0.3) is 0 Å². The van der Waals surface area contributed by atoms with Crippen LogP contribution in [0.4, 0.5) is 5.69 Å². The lowest BCUT2D eigenvalue weighted by molar-refractivity contribution is 0.474. The number of benzene rings is 2. The Balaban J connectivity index is 2.97. The van der Waals surface area contributed by atoms with Crippen LogP contribution in [0.1, 0.15) is 36.5 Å². The van der Waals surface area contributed by atoms with Crippen LogP contribution in [-0.2, 0) is 0 Å². The van der Waals surface area contributed by atoms with Crippen molar-refractivity contribution in [2.75, 3.05) is 5.73 Å². The quantitative estimate of drug-likeness (QED) is 0.576. The Morgan fingerprint density at radius 2 is 1.76 bits per heavy atom.